The quantitative estimate of drug-likeness (QED) is 0.650. The van der Waals surface area contributed by atoms with E-state index in [0.29, 0.717) is 0 Å². The molecule has 1 aliphatic rings. The Balaban J connectivity index is 2.19. The lowest BCUT2D eigenvalue weighted by Gasteiger charge is -2.28. The van der Waals surface area contributed by atoms with E-state index >= 15 is 0 Å². The molecular formula is C16H18O2SSi. The summed E-state index contributed by atoms with van der Waals surface area (Å²) in [5.41, 5.74) is 0. The van der Waals surface area contributed by atoms with Crippen LogP contribution in [0.15, 0.2) is 46.2 Å². The van der Waals surface area contributed by atoms with Crippen LogP contribution in [0.25, 0.3) is 0 Å². The monoisotopic (exact) mass is 302 g/mol. The summed E-state index contributed by atoms with van der Waals surface area (Å²) >= 11 is 1.77. The molecule has 1 aliphatic heterocycles. The molecule has 4 heteroatoms. The van der Waals surface area contributed by atoms with E-state index in [-0.39, 0.29) is 0 Å². The second-order valence-electron chi connectivity index (χ2n) is 5.87. The number of ether oxygens (including phenoxy) is 2. The molecule has 0 unspecified atom stereocenters. The summed E-state index contributed by atoms with van der Waals surface area (Å²) in [6, 6.07) is 12.3. The molecule has 3 rings (SSSR count). The van der Waals surface area contributed by atoms with E-state index in [0.717, 1.165) is 17.2 Å². The number of fused-ring (bicyclic) bond motifs is 2. The van der Waals surface area contributed by atoms with Crippen LogP contribution in [0.1, 0.15) is 0 Å². The molecule has 0 fully saturated rings. The van der Waals surface area contributed by atoms with Gasteiger partial charge >= 0.3 is 0 Å². The van der Waals surface area contributed by atoms with Gasteiger partial charge in [0.05, 0.1) is 25.0 Å². The van der Waals surface area contributed by atoms with Crippen molar-refractivity contribution in [3.05, 3.63) is 36.4 Å². The molecule has 1 heterocycles. The molecule has 20 heavy (non-hydrogen) atoms. The maximum atomic E-state index is 6.21. The second kappa shape index (κ2) is 4.86. The maximum absolute atomic E-state index is 6.21. The minimum Gasteiger partial charge on any atom is -0.497 e. The first-order valence-electron chi connectivity index (χ1n) is 6.67. The Morgan fingerprint density at radius 2 is 1.75 bits per heavy atom. The number of para-hydroxylation sites is 1. The fraction of sp³-hybridized carbons (Fsp3) is 0.250. The van der Waals surface area contributed by atoms with Crippen LogP contribution in [0.3, 0.4) is 0 Å². The number of hydrogen-bond acceptors (Lipinski definition) is 3. The Labute approximate surface area is 125 Å². The van der Waals surface area contributed by atoms with Crippen molar-refractivity contribution in [1.82, 2.24) is 0 Å². The smallest absolute Gasteiger partial charge is 0.144 e. The first-order chi connectivity index (χ1) is 9.50. The Morgan fingerprint density at radius 3 is 2.45 bits per heavy atom. The first-order valence-corrected chi connectivity index (χ1v) is 11.0. The SMILES string of the molecule is COc1ccc2c(c1[Si](C)(C)C)Oc1ccccc1S2. The van der Waals surface area contributed by atoms with Gasteiger partial charge in [0.2, 0.25) is 0 Å². The van der Waals surface area contributed by atoms with Crippen LogP contribution in [-0.4, -0.2) is 15.2 Å². The minimum absolute atomic E-state index is 0.942. The lowest BCUT2D eigenvalue weighted by Crippen LogP contribution is -2.40. The third-order valence-electron chi connectivity index (χ3n) is 3.33. The topological polar surface area (TPSA) is 18.5 Å². The molecule has 0 aliphatic carbocycles. The van der Waals surface area contributed by atoms with Gasteiger partial charge in [-0.05, 0) is 24.3 Å². The van der Waals surface area contributed by atoms with E-state index in [4.69, 9.17) is 9.47 Å². The molecule has 0 N–H and O–H groups in total. The van der Waals surface area contributed by atoms with Crippen molar-refractivity contribution < 1.29 is 9.47 Å². The highest BCUT2D eigenvalue weighted by Gasteiger charge is 2.30. The summed E-state index contributed by atoms with van der Waals surface area (Å²) in [5.74, 6) is 2.88. The normalized spacial score (nSPS) is 13.2. The van der Waals surface area contributed by atoms with Crippen LogP contribution in [0, 0.1) is 0 Å². The molecule has 0 bridgehead atoms. The van der Waals surface area contributed by atoms with Gasteiger partial charge in [0, 0.05) is 5.19 Å². The summed E-state index contributed by atoms with van der Waals surface area (Å²) in [6.07, 6.45) is 0. The number of hydrogen-bond donors (Lipinski definition) is 0. The Bertz CT molecular complexity index is 662. The highest BCUT2D eigenvalue weighted by molar-refractivity contribution is 7.99. The molecule has 0 saturated heterocycles. The summed E-state index contributed by atoms with van der Waals surface area (Å²) in [6.45, 7) is 6.96. The molecule has 2 nitrogen and oxygen atoms in total. The van der Waals surface area contributed by atoms with Gasteiger partial charge in [-0.1, -0.05) is 43.5 Å². The van der Waals surface area contributed by atoms with E-state index in [9.17, 15) is 0 Å². The van der Waals surface area contributed by atoms with Gasteiger partial charge in [0.15, 0.2) is 0 Å². The number of methoxy groups -OCH3 is 1. The molecule has 2 aromatic rings. The van der Waals surface area contributed by atoms with Crippen LogP contribution >= 0.6 is 11.8 Å². The summed E-state index contributed by atoms with van der Waals surface area (Å²) < 4.78 is 11.8. The molecule has 0 atom stereocenters. The van der Waals surface area contributed by atoms with Gasteiger partial charge in [0.1, 0.15) is 17.2 Å². The van der Waals surface area contributed by atoms with E-state index in [1.165, 1.54) is 15.0 Å². The van der Waals surface area contributed by atoms with Gasteiger partial charge < -0.3 is 9.47 Å². The first kappa shape index (κ1) is 13.6. The Hall–Kier alpha value is -1.39. The highest BCUT2D eigenvalue weighted by atomic mass is 32.2. The Kier molecular flexibility index (Phi) is 3.30. The summed E-state index contributed by atoms with van der Waals surface area (Å²) in [5, 5.41) is 1.26. The third kappa shape index (κ3) is 2.23. The molecule has 2 aromatic carbocycles. The predicted octanol–water partition coefficient (Wildman–Crippen LogP) is 4.50. The van der Waals surface area contributed by atoms with E-state index in [1.807, 2.05) is 18.2 Å². The minimum atomic E-state index is -1.56. The van der Waals surface area contributed by atoms with E-state index < -0.39 is 8.07 Å². The second-order valence-corrected chi connectivity index (χ2v) is 12.0. The van der Waals surface area contributed by atoms with Gasteiger partial charge in [-0.2, -0.15) is 0 Å². The molecular weight excluding hydrogens is 284 g/mol. The zero-order chi connectivity index (χ0) is 14.3. The fourth-order valence-electron chi connectivity index (χ4n) is 2.45. The molecule has 0 saturated carbocycles. The van der Waals surface area contributed by atoms with Crippen molar-refractivity contribution in [2.24, 2.45) is 0 Å². The predicted molar refractivity (Wildman–Crippen MR) is 86.6 cm³/mol. The van der Waals surface area contributed by atoms with Gasteiger partial charge in [-0.15, -0.1) is 0 Å². The molecule has 104 valence electrons. The summed E-state index contributed by atoms with van der Waals surface area (Å²) in [7, 11) is 0.169. The van der Waals surface area contributed by atoms with Crippen molar-refractivity contribution in [1.29, 1.82) is 0 Å². The zero-order valence-corrected chi connectivity index (χ0v) is 14.0. The molecule has 0 aromatic heterocycles. The van der Waals surface area contributed by atoms with Crippen LogP contribution < -0.4 is 14.7 Å². The van der Waals surface area contributed by atoms with Gasteiger partial charge in [-0.25, -0.2) is 0 Å². The molecule has 0 radical (unpaired) electrons. The van der Waals surface area contributed by atoms with Crippen molar-refractivity contribution in [2.75, 3.05) is 7.11 Å². The number of benzene rings is 2. The van der Waals surface area contributed by atoms with Crippen LogP contribution in [0.5, 0.6) is 17.2 Å². The summed E-state index contributed by atoms with van der Waals surface area (Å²) in [4.78, 5) is 2.36. The third-order valence-corrected chi connectivity index (χ3v) is 6.41. The lowest BCUT2D eigenvalue weighted by atomic mass is 10.3. The van der Waals surface area contributed by atoms with Crippen LogP contribution in [0.4, 0.5) is 0 Å². The standard InChI is InChI=1S/C16H18O2SSi/c1-17-12-9-10-14-15(16(12)20(2,3)4)18-11-7-5-6-8-13(11)19-14/h5-10H,1-4H3. The Morgan fingerprint density at radius 1 is 1.00 bits per heavy atom. The molecule has 0 amide bonds. The maximum Gasteiger partial charge on any atom is 0.144 e. The van der Waals surface area contributed by atoms with Crippen molar-refractivity contribution in [2.45, 2.75) is 29.4 Å². The lowest BCUT2D eigenvalue weighted by molar-refractivity contribution is 0.410. The van der Waals surface area contributed by atoms with Crippen LogP contribution in [0.2, 0.25) is 19.6 Å². The zero-order valence-electron chi connectivity index (χ0n) is 12.2. The number of rotatable bonds is 2. The average Bonchev–Trinajstić information content (AvgIpc) is 2.42. The van der Waals surface area contributed by atoms with Gasteiger partial charge in [0.25, 0.3) is 0 Å². The van der Waals surface area contributed by atoms with Crippen LogP contribution in [-0.2, 0) is 0 Å². The molecule has 0 spiro atoms. The highest BCUT2D eigenvalue weighted by Crippen LogP contribution is 2.47. The van der Waals surface area contributed by atoms with Crippen molar-refractivity contribution in [3.8, 4) is 17.2 Å². The van der Waals surface area contributed by atoms with E-state index in [2.05, 4.69) is 37.8 Å². The van der Waals surface area contributed by atoms with Crippen molar-refractivity contribution >= 4 is 25.0 Å². The average molecular weight is 302 g/mol. The van der Waals surface area contributed by atoms with Gasteiger partial charge in [-0.3, -0.25) is 0 Å². The van der Waals surface area contributed by atoms with E-state index in [1.54, 1.807) is 18.9 Å². The largest absolute Gasteiger partial charge is 0.497 e. The fourth-order valence-corrected chi connectivity index (χ4v) is 5.30. The van der Waals surface area contributed by atoms with Crippen molar-refractivity contribution in [3.63, 3.8) is 0 Å².